The third kappa shape index (κ3) is 2.82. The molecule has 0 N–H and O–H groups in total. The van der Waals surface area contributed by atoms with Crippen LogP contribution in [0.1, 0.15) is 36.2 Å². The van der Waals surface area contributed by atoms with Crippen molar-refractivity contribution < 1.29 is 14.3 Å². The number of amides is 1. The van der Waals surface area contributed by atoms with Crippen molar-refractivity contribution in [1.82, 2.24) is 4.90 Å². The molecule has 0 bridgehead atoms. The van der Waals surface area contributed by atoms with Crippen LogP contribution >= 0.6 is 11.8 Å². The fourth-order valence-corrected chi connectivity index (χ4v) is 2.87. The van der Waals surface area contributed by atoms with Crippen molar-refractivity contribution in [1.29, 1.82) is 0 Å². The molecule has 0 unspecified atom stereocenters. The van der Waals surface area contributed by atoms with Crippen molar-refractivity contribution in [3.05, 3.63) is 23.3 Å². The zero-order valence-corrected chi connectivity index (χ0v) is 13.3. The molecule has 2 rings (SSSR count). The second-order valence-electron chi connectivity index (χ2n) is 5.79. The van der Waals surface area contributed by atoms with Gasteiger partial charge in [-0.1, -0.05) is 0 Å². The number of ether oxygens (including phenoxy) is 1. The van der Waals surface area contributed by atoms with Gasteiger partial charge in [-0.25, -0.2) is 0 Å². The number of carbonyl (C=O) groups excluding carboxylic acids is 2. The van der Waals surface area contributed by atoms with E-state index in [-0.39, 0.29) is 11.0 Å². The molecule has 0 saturated carbocycles. The van der Waals surface area contributed by atoms with E-state index in [2.05, 4.69) is 0 Å². The summed E-state index contributed by atoms with van der Waals surface area (Å²) in [4.78, 5) is 26.3. The minimum absolute atomic E-state index is 0.0468. The first kappa shape index (κ1) is 14.9. The third-order valence-electron chi connectivity index (χ3n) is 3.18. The summed E-state index contributed by atoms with van der Waals surface area (Å²) >= 11 is 1.15. The summed E-state index contributed by atoms with van der Waals surface area (Å²) in [5.74, 6) is 0.706. The zero-order valence-electron chi connectivity index (χ0n) is 12.4. The highest BCUT2D eigenvalue weighted by Crippen LogP contribution is 2.39. The number of fused-ring (bicyclic) bond motifs is 1. The largest absolute Gasteiger partial charge is 0.486 e. The van der Waals surface area contributed by atoms with E-state index in [1.165, 1.54) is 4.90 Å². The highest BCUT2D eigenvalue weighted by atomic mass is 32.2. The number of hydrogen-bond acceptors (Lipinski definition) is 4. The first-order valence-corrected chi connectivity index (χ1v) is 7.28. The molecule has 5 heteroatoms. The molecule has 20 heavy (non-hydrogen) atoms. The van der Waals surface area contributed by atoms with Gasteiger partial charge in [0.2, 0.25) is 0 Å². The second-order valence-corrected chi connectivity index (χ2v) is 6.78. The van der Waals surface area contributed by atoms with Crippen molar-refractivity contribution in [3.63, 3.8) is 0 Å². The summed E-state index contributed by atoms with van der Waals surface area (Å²) in [5.41, 5.74) is 0.969. The van der Waals surface area contributed by atoms with Gasteiger partial charge in [-0.3, -0.25) is 9.59 Å². The Morgan fingerprint density at radius 1 is 1.35 bits per heavy atom. The minimum atomic E-state index is -0.496. The van der Waals surface area contributed by atoms with Crippen LogP contribution in [-0.2, 0) is 0 Å². The van der Waals surface area contributed by atoms with E-state index in [1.54, 1.807) is 20.2 Å². The van der Waals surface area contributed by atoms with Crippen LogP contribution in [0.15, 0.2) is 17.0 Å². The van der Waals surface area contributed by atoms with Gasteiger partial charge in [-0.05, 0) is 44.7 Å². The maximum atomic E-state index is 12.1. The Bertz CT molecular complexity index is 579. The van der Waals surface area contributed by atoms with Gasteiger partial charge in [0, 0.05) is 24.6 Å². The lowest BCUT2D eigenvalue weighted by Gasteiger charge is -2.33. The van der Waals surface area contributed by atoms with Gasteiger partial charge in [0.25, 0.3) is 5.24 Å². The van der Waals surface area contributed by atoms with Gasteiger partial charge in [0.1, 0.15) is 11.4 Å². The van der Waals surface area contributed by atoms with Crippen LogP contribution in [0.5, 0.6) is 5.75 Å². The first-order chi connectivity index (χ1) is 9.21. The lowest BCUT2D eigenvalue weighted by Crippen LogP contribution is -2.36. The molecule has 1 heterocycles. The van der Waals surface area contributed by atoms with Crippen LogP contribution in [0, 0.1) is 6.92 Å². The molecule has 0 aliphatic carbocycles. The number of rotatable bonds is 1. The minimum Gasteiger partial charge on any atom is -0.486 e. The highest BCUT2D eigenvalue weighted by Gasteiger charge is 2.34. The number of hydrogen-bond donors (Lipinski definition) is 0. The molecule has 0 radical (unpaired) electrons. The Labute approximate surface area is 123 Å². The van der Waals surface area contributed by atoms with Gasteiger partial charge in [-0.15, -0.1) is 0 Å². The molecule has 1 aliphatic rings. The Kier molecular flexibility index (Phi) is 3.82. The Balaban J connectivity index is 2.41. The van der Waals surface area contributed by atoms with E-state index in [0.717, 1.165) is 22.2 Å². The molecule has 0 fully saturated rings. The van der Waals surface area contributed by atoms with Crippen molar-refractivity contribution in [2.24, 2.45) is 0 Å². The first-order valence-electron chi connectivity index (χ1n) is 6.46. The van der Waals surface area contributed by atoms with E-state index in [9.17, 15) is 9.59 Å². The molecule has 108 valence electrons. The fourth-order valence-electron chi connectivity index (χ4n) is 2.11. The number of benzene rings is 1. The van der Waals surface area contributed by atoms with Gasteiger partial charge in [0.05, 0.1) is 12.0 Å². The average molecular weight is 293 g/mol. The number of thioether (sulfide) groups is 1. The van der Waals surface area contributed by atoms with Crippen LogP contribution < -0.4 is 4.74 Å². The fraction of sp³-hybridized carbons (Fsp3) is 0.467. The van der Waals surface area contributed by atoms with Crippen LogP contribution in [0.4, 0.5) is 4.79 Å². The summed E-state index contributed by atoms with van der Waals surface area (Å²) in [6.45, 7) is 5.69. The van der Waals surface area contributed by atoms with Crippen molar-refractivity contribution >= 4 is 22.8 Å². The molecular weight excluding hydrogens is 274 g/mol. The zero-order chi connectivity index (χ0) is 15.1. The Morgan fingerprint density at radius 2 is 2.00 bits per heavy atom. The number of Topliss-reactive ketones (excluding diaryl/α,β-unsaturated/α-hetero) is 1. The molecule has 0 saturated heterocycles. The standard InChI is InChI=1S/C15H19NO3S/c1-9-12(20-14(18)16(4)5)7-6-10-11(17)8-15(2,3)19-13(9)10/h6-7H,8H2,1-5H3. The second kappa shape index (κ2) is 5.13. The number of nitrogens with zero attached hydrogens (tertiary/aromatic N) is 1. The van der Waals surface area contributed by atoms with Crippen molar-refractivity contribution in [2.45, 2.75) is 37.7 Å². The van der Waals surface area contributed by atoms with Crippen molar-refractivity contribution in [2.75, 3.05) is 14.1 Å². The summed E-state index contributed by atoms with van der Waals surface area (Å²) in [5, 5.41) is -0.0468. The van der Waals surface area contributed by atoms with Gasteiger partial charge >= 0.3 is 0 Å². The maximum absolute atomic E-state index is 12.1. The van der Waals surface area contributed by atoms with Crippen LogP contribution in [0.25, 0.3) is 0 Å². The quantitative estimate of drug-likeness (QED) is 0.743. The molecule has 1 aromatic carbocycles. The SMILES string of the molecule is Cc1c(SC(=O)N(C)C)ccc2c1OC(C)(C)CC2=O. The molecule has 0 atom stereocenters. The van der Waals surface area contributed by atoms with E-state index < -0.39 is 5.60 Å². The normalized spacial score (nSPS) is 16.4. The topological polar surface area (TPSA) is 46.6 Å². The Morgan fingerprint density at radius 3 is 2.60 bits per heavy atom. The monoisotopic (exact) mass is 293 g/mol. The molecule has 1 amide bonds. The predicted molar refractivity (Wildman–Crippen MR) is 79.8 cm³/mol. The average Bonchev–Trinajstić information content (AvgIpc) is 2.32. The highest BCUT2D eigenvalue weighted by molar-refractivity contribution is 8.13. The summed E-state index contributed by atoms with van der Waals surface area (Å²) < 4.78 is 5.94. The number of ketones is 1. The lowest BCUT2D eigenvalue weighted by atomic mass is 9.92. The predicted octanol–water partition coefficient (Wildman–Crippen LogP) is 3.51. The van der Waals surface area contributed by atoms with Crippen LogP contribution in [0.2, 0.25) is 0 Å². The molecular formula is C15H19NO3S. The van der Waals surface area contributed by atoms with E-state index in [4.69, 9.17) is 4.74 Å². The molecule has 1 aromatic rings. The van der Waals surface area contributed by atoms with Gasteiger partial charge in [-0.2, -0.15) is 0 Å². The summed E-state index contributed by atoms with van der Waals surface area (Å²) in [6, 6.07) is 3.57. The lowest BCUT2D eigenvalue weighted by molar-refractivity contribution is 0.0613. The van der Waals surface area contributed by atoms with Crippen molar-refractivity contribution in [3.8, 4) is 5.75 Å². The molecule has 0 aromatic heterocycles. The number of carbonyl (C=O) groups is 2. The smallest absolute Gasteiger partial charge is 0.285 e. The molecule has 1 aliphatic heterocycles. The van der Waals surface area contributed by atoms with E-state index >= 15 is 0 Å². The van der Waals surface area contributed by atoms with E-state index in [0.29, 0.717) is 17.7 Å². The molecule has 0 spiro atoms. The summed E-state index contributed by atoms with van der Waals surface area (Å²) in [7, 11) is 3.43. The third-order valence-corrected chi connectivity index (χ3v) is 4.39. The maximum Gasteiger partial charge on any atom is 0.285 e. The van der Waals surface area contributed by atoms with E-state index in [1.807, 2.05) is 26.8 Å². The van der Waals surface area contributed by atoms with Gasteiger partial charge < -0.3 is 9.64 Å². The summed E-state index contributed by atoms with van der Waals surface area (Å²) in [6.07, 6.45) is 0.378. The van der Waals surface area contributed by atoms with Crippen LogP contribution in [-0.4, -0.2) is 35.6 Å². The molecule has 4 nitrogen and oxygen atoms in total. The Hall–Kier alpha value is -1.49. The van der Waals surface area contributed by atoms with Gasteiger partial charge in [0.15, 0.2) is 5.78 Å². The van der Waals surface area contributed by atoms with Crippen LogP contribution in [0.3, 0.4) is 0 Å².